The first kappa shape index (κ1) is 11.9. The molecule has 1 aliphatic rings. The minimum atomic E-state index is -0.0979. The fourth-order valence-electron chi connectivity index (χ4n) is 2.24. The number of H-pyrrole nitrogens is 1. The zero-order chi connectivity index (χ0) is 13.1. The van der Waals surface area contributed by atoms with Crippen LogP contribution in [0.1, 0.15) is 11.7 Å². The molecule has 7 heteroatoms. The van der Waals surface area contributed by atoms with E-state index in [1.807, 2.05) is 11.0 Å². The molecule has 1 aliphatic heterocycles. The van der Waals surface area contributed by atoms with E-state index in [4.69, 9.17) is 4.74 Å². The van der Waals surface area contributed by atoms with E-state index in [-0.39, 0.29) is 18.5 Å². The minimum absolute atomic E-state index is 0.0339. The Kier molecular flexibility index (Phi) is 3.28. The largest absolute Gasteiger partial charge is 0.377 e. The number of amides is 1. The Morgan fingerprint density at radius 3 is 3.21 bits per heavy atom. The van der Waals surface area contributed by atoms with Crippen LogP contribution in [0.15, 0.2) is 30.7 Å². The van der Waals surface area contributed by atoms with Crippen molar-refractivity contribution in [1.82, 2.24) is 24.9 Å². The van der Waals surface area contributed by atoms with Crippen molar-refractivity contribution in [2.75, 3.05) is 19.8 Å². The van der Waals surface area contributed by atoms with Crippen LogP contribution < -0.4 is 0 Å². The summed E-state index contributed by atoms with van der Waals surface area (Å²) in [5.41, 5.74) is 0.897. The van der Waals surface area contributed by atoms with Gasteiger partial charge in [-0.3, -0.25) is 14.6 Å². The Balaban J connectivity index is 1.75. The number of ether oxygens (including phenoxy) is 1. The summed E-state index contributed by atoms with van der Waals surface area (Å²) >= 11 is 0. The fraction of sp³-hybridized carbons (Fsp3) is 0.417. The molecule has 3 rings (SSSR count). The second kappa shape index (κ2) is 5.23. The van der Waals surface area contributed by atoms with Crippen LogP contribution in [0.25, 0.3) is 0 Å². The van der Waals surface area contributed by atoms with Crippen molar-refractivity contribution in [3.05, 3.63) is 36.4 Å². The molecule has 1 fully saturated rings. The van der Waals surface area contributed by atoms with Gasteiger partial charge in [-0.1, -0.05) is 0 Å². The lowest BCUT2D eigenvalue weighted by atomic mass is 10.1. The third kappa shape index (κ3) is 2.50. The van der Waals surface area contributed by atoms with Gasteiger partial charge in [0.15, 0.2) is 0 Å². The molecule has 0 spiro atoms. The third-order valence-electron chi connectivity index (χ3n) is 3.19. The van der Waals surface area contributed by atoms with Gasteiger partial charge in [0.25, 0.3) is 0 Å². The lowest BCUT2D eigenvalue weighted by molar-refractivity contribution is -0.141. The number of hydrogen-bond acceptors (Lipinski definition) is 4. The minimum Gasteiger partial charge on any atom is -0.377 e. The van der Waals surface area contributed by atoms with Crippen LogP contribution in [-0.4, -0.2) is 50.5 Å². The van der Waals surface area contributed by atoms with Crippen LogP contribution in [0.3, 0.4) is 0 Å². The summed E-state index contributed by atoms with van der Waals surface area (Å²) < 4.78 is 7.08. The summed E-state index contributed by atoms with van der Waals surface area (Å²) in [4.78, 5) is 14.2. The summed E-state index contributed by atoms with van der Waals surface area (Å²) in [6, 6.07) is 3.58. The van der Waals surface area contributed by atoms with E-state index >= 15 is 0 Å². The highest BCUT2D eigenvalue weighted by atomic mass is 16.5. The van der Waals surface area contributed by atoms with Crippen LogP contribution in [0.4, 0.5) is 0 Å². The Bertz CT molecular complexity index is 522. The predicted molar refractivity (Wildman–Crippen MR) is 66.1 cm³/mol. The quantitative estimate of drug-likeness (QED) is 0.856. The number of carbonyl (C=O) groups excluding carboxylic acids is 1. The standard InChI is InChI=1S/C12H15N5O2/c18-12(8-16-5-1-3-14-16)17-6-7-19-9-11(17)10-2-4-13-15-10/h1-5,11H,6-9H2,(H,13,15). The molecule has 0 aliphatic carbocycles. The van der Waals surface area contributed by atoms with Gasteiger partial charge in [-0.25, -0.2) is 0 Å². The molecule has 100 valence electrons. The molecular formula is C12H15N5O2. The highest BCUT2D eigenvalue weighted by Gasteiger charge is 2.29. The first-order chi connectivity index (χ1) is 9.34. The number of rotatable bonds is 3. The number of nitrogens with one attached hydrogen (secondary N) is 1. The van der Waals surface area contributed by atoms with Gasteiger partial charge in [0.1, 0.15) is 6.54 Å². The Hall–Kier alpha value is -2.15. The highest BCUT2D eigenvalue weighted by molar-refractivity contribution is 5.76. The van der Waals surface area contributed by atoms with Crippen LogP contribution in [0, 0.1) is 0 Å². The monoisotopic (exact) mass is 261 g/mol. The number of nitrogens with zero attached hydrogens (tertiary/aromatic N) is 4. The van der Waals surface area contributed by atoms with Crippen molar-refractivity contribution in [3.8, 4) is 0 Å². The van der Waals surface area contributed by atoms with Crippen molar-refractivity contribution < 1.29 is 9.53 Å². The zero-order valence-corrected chi connectivity index (χ0v) is 10.4. The van der Waals surface area contributed by atoms with Gasteiger partial charge in [0.05, 0.1) is 24.9 Å². The van der Waals surface area contributed by atoms with E-state index in [0.717, 1.165) is 5.69 Å². The number of hydrogen-bond donors (Lipinski definition) is 1. The molecule has 0 bridgehead atoms. The number of aromatic nitrogens is 4. The van der Waals surface area contributed by atoms with Gasteiger partial charge >= 0.3 is 0 Å². The molecular weight excluding hydrogens is 246 g/mol. The number of morpholine rings is 1. The predicted octanol–water partition coefficient (Wildman–Crippen LogP) is 0.206. The molecule has 1 atom stereocenters. The Morgan fingerprint density at radius 2 is 2.47 bits per heavy atom. The first-order valence-electron chi connectivity index (χ1n) is 6.18. The molecule has 1 saturated heterocycles. The molecule has 2 aromatic heterocycles. The lowest BCUT2D eigenvalue weighted by Gasteiger charge is -2.34. The lowest BCUT2D eigenvalue weighted by Crippen LogP contribution is -2.45. The molecule has 1 N–H and O–H groups in total. The summed E-state index contributed by atoms with van der Waals surface area (Å²) in [5.74, 6) is 0.0339. The summed E-state index contributed by atoms with van der Waals surface area (Å²) in [7, 11) is 0. The smallest absolute Gasteiger partial charge is 0.245 e. The van der Waals surface area contributed by atoms with E-state index in [2.05, 4.69) is 15.3 Å². The molecule has 0 aromatic carbocycles. The van der Waals surface area contributed by atoms with E-state index in [1.165, 1.54) is 0 Å². The van der Waals surface area contributed by atoms with Gasteiger partial charge in [-0.05, 0) is 12.1 Å². The normalized spacial score (nSPS) is 19.6. The molecule has 1 amide bonds. The van der Waals surface area contributed by atoms with Crippen molar-refractivity contribution in [2.24, 2.45) is 0 Å². The molecule has 2 aromatic rings. The first-order valence-corrected chi connectivity index (χ1v) is 6.18. The molecule has 1 unspecified atom stereocenters. The highest BCUT2D eigenvalue weighted by Crippen LogP contribution is 2.22. The van der Waals surface area contributed by atoms with Crippen molar-refractivity contribution >= 4 is 5.91 Å². The van der Waals surface area contributed by atoms with Crippen LogP contribution in [-0.2, 0) is 16.1 Å². The van der Waals surface area contributed by atoms with Gasteiger partial charge < -0.3 is 9.64 Å². The van der Waals surface area contributed by atoms with Crippen LogP contribution in [0.5, 0.6) is 0 Å². The SMILES string of the molecule is O=C(Cn1cccn1)N1CCOCC1c1ccn[nH]1. The summed E-state index contributed by atoms with van der Waals surface area (Å²) in [6.45, 7) is 1.89. The van der Waals surface area contributed by atoms with Gasteiger partial charge in [-0.15, -0.1) is 0 Å². The number of aromatic amines is 1. The van der Waals surface area contributed by atoms with E-state index in [0.29, 0.717) is 19.8 Å². The van der Waals surface area contributed by atoms with Crippen LogP contribution >= 0.6 is 0 Å². The van der Waals surface area contributed by atoms with E-state index < -0.39 is 0 Å². The summed E-state index contributed by atoms with van der Waals surface area (Å²) in [6.07, 6.45) is 5.13. The molecule has 0 radical (unpaired) electrons. The Morgan fingerprint density at radius 1 is 1.53 bits per heavy atom. The second-order valence-electron chi connectivity index (χ2n) is 4.39. The average Bonchev–Trinajstić information content (AvgIpc) is 3.11. The van der Waals surface area contributed by atoms with Gasteiger partial charge in [-0.2, -0.15) is 10.2 Å². The van der Waals surface area contributed by atoms with Gasteiger partial charge in [0, 0.05) is 25.1 Å². The maximum atomic E-state index is 12.3. The Labute approximate surface area is 110 Å². The van der Waals surface area contributed by atoms with Gasteiger partial charge in [0.2, 0.25) is 5.91 Å². The average molecular weight is 261 g/mol. The molecule has 7 nitrogen and oxygen atoms in total. The van der Waals surface area contributed by atoms with E-state index in [1.54, 1.807) is 29.3 Å². The topological polar surface area (TPSA) is 76.0 Å². The maximum absolute atomic E-state index is 12.3. The van der Waals surface area contributed by atoms with Crippen molar-refractivity contribution in [2.45, 2.75) is 12.6 Å². The van der Waals surface area contributed by atoms with Crippen molar-refractivity contribution in [1.29, 1.82) is 0 Å². The maximum Gasteiger partial charge on any atom is 0.245 e. The van der Waals surface area contributed by atoms with E-state index in [9.17, 15) is 4.79 Å². The number of carbonyl (C=O) groups is 1. The summed E-state index contributed by atoms with van der Waals surface area (Å²) in [5, 5.41) is 10.9. The van der Waals surface area contributed by atoms with Crippen LogP contribution in [0.2, 0.25) is 0 Å². The second-order valence-corrected chi connectivity index (χ2v) is 4.39. The molecule has 0 saturated carbocycles. The fourth-order valence-corrected chi connectivity index (χ4v) is 2.24. The zero-order valence-electron chi connectivity index (χ0n) is 10.4. The molecule has 3 heterocycles. The van der Waals surface area contributed by atoms with Crippen molar-refractivity contribution in [3.63, 3.8) is 0 Å². The molecule has 19 heavy (non-hydrogen) atoms. The third-order valence-corrected chi connectivity index (χ3v) is 3.19.